The molecule has 0 aromatic heterocycles. The van der Waals surface area contributed by atoms with Crippen LogP contribution in [0.1, 0.15) is 0 Å². The van der Waals surface area contributed by atoms with Crippen molar-refractivity contribution < 1.29 is 37.5 Å². The molecule has 33 valence electrons. The van der Waals surface area contributed by atoms with Gasteiger partial charge in [-0.15, -0.1) is 0 Å². The zero-order chi connectivity index (χ0) is 0. The van der Waals surface area contributed by atoms with Crippen molar-refractivity contribution in [1.82, 2.24) is 0 Å². The number of rotatable bonds is 0. The molecule has 0 aromatic carbocycles. The first kappa shape index (κ1) is 131. The second-order valence-corrected chi connectivity index (χ2v) is 0. The number of hydrogen-bond acceptors (Lipinski definition) is 0. The van der Waals surface area contributed by atoms with E-state index in [1.807, 2.05) is 0 Å². The Morgan fingerprint density at radius 3 is 0.600 bits per heavy atom. The van der Waals surface area contributed by atoms with Crippen LogP contribution in [0.4, 0.5) is 0 Å². The summed E-state index contributed by atoms with van der Waals surface area (Å²) in [5.74, 6) is 0. The topological polar surface area (TPSA) is 85.5 Å². The van der Waals surface area contributed by atoms with Crippen LogP contribution in [0.25, 0.3) is 0 Å². The van der Waals surface area contributed by atoms with Gasteiger partial charge in [0.15, 0.2) is 0 Å². The number of hydrogen-bond donors (Lipinski definition) is 0. The van der Waals surface area contributed by atoms with Gasteiger partial charge in [0.05, 0.1) is 0 Å². The molecule has 0 bridgehead atoms. The summed E-state index contributed by atoms with van der Waals surface area (Å²) in [5.41, 5.74) is 0. The van der Waals surface area contributed by atoms with E-state index >= 15 is 0 Å². The molecule has 0 spiro atoms. The van der Waals surface area contributed by atoms with E-state index in [9.17, 15) is 0 Å². The Balaban J connectivity index is 0. The minimum atomic E-state index is 0. The van der Waals surface area contributed by atoms with E-state index in [-0.39, 0.29) is 54.9 Å². The Bertz CT molecular complexity index is 6.85. The Morgan fingerprint density at radius 1 is 0.600 bits per heavy atom. The van der Waals surface area contributed by atoms with Gasteiger partial charge in [-0.2, -0.15) is 0 Å². The standard InChI is InChI=1S/Al.Mo.3O/q;;3*-2. The first-order chi connectivity index (χ1) is 0. The maximum Gasteiger partial charge on any atom is 0 e. The Labute approximate surface area is 55.1 Å². The fourth-order valence-corrected chi connectivity index (χ4v) is 0. The molecule has 0 aliphatic heterocycles. The molecule has 0 unspecified atom stereocenters. The van der Waals surface area contributed by atoms with Gasteiger partial charge >= 0.3 is 0 Å². The summed E-state index contributed by atoms with van der Waals surface area (Å²) in [6.45, 7) is 0. The van der Waals surface area contributed by atoms with Gasteiger partial charge in [-0.1, -0.05) is 0 Å². The van der Waals surface area contributed by atoms with Crippen LogP contribution >= 0.6 is 0 Å². The van der Waals surface area contributed by atoms with E-state index in [1.165, 1.54) is 0 Å². The molecule has 0 N–H and O–H groups in total. The van der Waals surface area contributed by atoms with Crippen molar-refractivity contribution in [1.29, 1.82) is 0 Å². The second-order valence-electron chi connectivity index (χ2n) is 0. The maximum absolute atomic E-state index is 0. The van der Waals surface area contributed by atoms with E-state index in [4.69, 9.17) is 0 Å². The van der Waals surface area contributed by atoms with Crippen molar-refractivity contribution in [2.24, 2.45) is 0 Å². The van der Waals surface area contributed by atoms with Crippen LogP contribution in [0, 0.1) is 0 Å². The minimum Gasteiger partial charge on any atom is -2.00 e. The second kappa shape index (κ2) is 70.8. The molecular weight excluding hydrogens is 171 g/mol. The molecule has 0 aliphatic rings. The molecule has 0 aromatic rings. The summed E-state index contributed by atoms with van der Waals surface area (Å²) in [7, 11) is 0. The SMILES string of the molecule is [Al].[Mo].[O-2].[O-2].[O-2]. The largest absolute Gasteiger partial charge is 2.00 e. The zero-order valence-electron chi connectivity index (χ0n) is 2.21. The quantitative estimate of drug-likeness (QED) is 0.429. The fourth-order valence-electron chi connectivity index (χ4n) is 0. The Hall–Kier alpha value is 1.10. The predicted molar refractivity (Wildman–Crippen MR) is 7.81 cm³/mol. The summed E-state index contributed by atoms with van der Waals surface area (Å²) in [5, 5.41) is 0. The molecule has 5 heavy (non-hydrogen) atoms. The van der Waals surface area contributed by atoms with Gasteiger partial charge in [0, 0.05) is 38.4 Å². The van der Waals surface area contributed by atoms with Crippen molar-refractivity contribution in [3.8, 4) is 0 Å². The first-order valence-corrected chi connectivity index (χ1v) is 0. The Kier molecular flexibility index (Phi) is 1850. The molecular formula is AlMoO3-6. The first-order valence-electron chi connectivity index (χ1n) is 0. The van der Waals surface area contributed by atoms with Crippen LogP contribution in [-0.2, 0) is 37.5 Å². The smallest absolute Gasteiger partial charge is 0 e. The van der Waals surface area contributed by atoms with E-state index in [0.717, 1.165) is 0 Å². The van der Waals surface area contributed by atoms with Crippen molar-refractivity contribution in [2.75, 3.05) is 0 Å². The summed E-state index contributed by atoms with van der Waals surface area (Å²) in [6, 6.07) is 0. The normalized spacial score (nSPS) is 0. The van der Waals surface area contributed by atoms with E-state index in [2.05, 4.69) is 0 Å². The average Bonchev–Trinajstić information content (AvgIpc) is 0. The molecule has 0 aliphatic carbocycles. The maximum atomic E-state index is 0. The van der Waals surface area contributed by atoms with Gasteiger partial charge in [-0.05, 0) is 0 Å². The van der Waals surface area contributed by atoms with Crippen molar-refractivity contribution in [3.05, 3.63) is 0 Å². The van der Waals surface area contributed by atoms with Gasteiger partial charge < -0.3 is 16.4 Å². The van der Waals surface area contributed by atoms with Crippen molar-refractivity contribution >= 4 is 17.4 Å². The molecule has 3 radical (unpaired) electrons. The summed E-state index contributed by atoms with van der Waals surface area (Å²) in [4.78, 5) is 0. The van der Waals surface area contributed by atoms with Gasteiger partial charge in [0.2, 0.25) is 0 Å². The van der Waals surface area contributed by atoms with Crippen LogP contribution < -0.4 is 0 Å². The molecule has 0 heterocycles. The molecule has 5 heteroatoms. The zero-order valence-corrected chi connectivity index (χ0v) is 5.37. The monoisotopic (exact) mass is 173 g/mol. The van der Waals surface area contributed by atoms with Crippen LogP contribution in [0.2, 0.25) is 0 Å². The third kappa shape index (κ3) is 40.5. The van der Waals surface area contributed by atoms with Crippen molar-refractivity contribution in [3.63, 3.8) is 0 Å². The van der Waals surface area contributed by atoms with Gasteiger partial charge in [-0.25, -0.2) is 0 Å². The predicted octanol–water partition coefficient (Wildman–Crippen LogP) is -0.740. The minimum absolute atomic E-state index is 0. The van der Waals surface area contributed by atoms with E-state index in [1.54, 1.807) is 0 Å². The molecule has 0 atom stereocenters. The molecule has 0 amide bonds. The van der Waals surface area contributed by atoms with Crippen LogP contribution in [0.3, 0.4) is 0 Å². The molecule has 3 nitrogen and oxygen atoms in total. The fraction of sp³-hybridized carbons (Fsp3) is 0. The third-order valence-electron chi connectivity index (χ3n) is 0. The molecule has 0 fully saturated rings. The average molecular weight is 171 g/mol. The van der Waals surface area contributed by atoms with Crippen LogP contribution in [0.15, 0.2) is 0 Å². The Morgan fingerprint density at radius 2 is 0.600 bits per heavy atom. The summed E-state index contributed by atoms with van der Waals surface area (Å²) >= 11 is 0. The molecule has 0 saturated carbocycles. The third-order valence-corrected chi connectivity index (χ3v) is 0. The van der Waals surface area contributed by atoms with Gasteiger partial charge in [-0.3, -0.25) is 0 Å². The van der Waals surface area contributed by atoms with Gasteiger partial charge in [0.1, 0.15) is 0 Å². The van der Waals surface area contributed by atoms with Crippen molar-refractivity contribution in [2.45, 2.75) is 0 Å². The van der Waals surface area contributed by atoms with E-state index in [0.29, 0.717) is 0 Å². The molecule has 0 rings (SSSR count). The van der Waals surface area contributed by atoms with E-state index < -0.39 is 0 Å². The summed E-state index contributed by atoms with van der Waals surface area (Å²) in [6.07, 6.45) is 0. The van der Waals surface area contributed by atoms with Crippen LogP contribution in [0.5, 0.6) is 0 Å². The molecule has 0 saturated heterocycles. The van der Waals surface area contributed by atoms with Crippen LogP contribution in [-0.4, -0.2) is 17.4 Å². The summed E-state index contributed by atoms with van der Waals surface area (Å²) < 4.78 is 0. The van der Waals surface area contributed by atoms with Gasteiger partial charge in [0.25, 0.3) is 0 Å².